The zero-order chi connectivity index (χ0) is 14.3. The van der Waals surface area contributed by atoms with Crippen LogP contribution in [0.2, 0.25) is 0 Å². The maximum Gasteiger partial charge on any atom is 0.133 e. The van der Waals surface area contributed by atoms with Crippen molar-refractivity contribution in [1.29, 1.82) is 0 Å². The van der Waals surface area contributed by atoms with Crippen LogP contribution in [-0.4, -0.2) is 14.2 Å². The maximum atomic E-state index is 5.46. The summed E-state index contributed by atoms with van der Waals surface area (Å²) in [5.74, 6) is 1.74. The summed E-state index contributed by atoms with van der Waals surface area (Å²) in [6, 6.07) is 4.01. The van der Waals surface area contributed by atoms with Crippen LogP contribution in [0.15, 0.2) is 16.6 Å². The van der Waals surface area contributed by atoms with Gasteiger partial charge in [-0.15, -0.1) is 0 Å². The van der Waals surface area contributed by atoms with Crippen LogP contribution in [0.25, 0.3) is 0 Å². The summed E-state index contributed by atoms with van der Waals surface area (Å²) in [6.45, 7) is 2.23. The lowest BCUT2D eigenvalue weighted by Gasteiger charge is -2.16. The summed E-state index contributed by atoms with van der Waals surface area (Å²) in [4.78, 5) is 0.307. The van der Waals surface area contributed by atoms with Gasteiger partial charge in [-0.1, -0.05) is 48.5 Å². The minimum Gasteiger partial charge on any atom is -0.496 e. The molecule has 0 N–H and O–H groups in total. The standard InChI is InChI=1S/C15H22Br2O2/c1-4-5-6-7-8-12(16)11-9-15(19-3)13(17)10-14(11)18-2/h9-10,12H,4-8H2,1-3H3. The van der Waals surface area contributed by atoms with E-state index in [4.69, 9.17) is 9.47 Å². The molecule has 0 saturated carbocycles. The number of halogens is 2. The van der Waals surface area contributed by atoms with Crippen LogP contribution in [0.4, 0.5) is 0 Å². The summed E-state index contributed by atoms with van der Waals surface area (Å²) >= 11 is 7.25. The highest BCUT2D eigenvalue weighted by atomic mass is 79.9. The lowest BCUT2D eigenvalue weighted by molar-refractivity contribution is 0.395. The van der Waals surface area contributed by atoms with Gasteiger partial charge in [0.05, 0.1) is 18.7 Å². The average molecular weight is 394 g/mol. The van der Waals surface area contributed by atoms with Crippen molar-refractivity contribution in [2.45, 2.75) is 43.9 Å². The minimum atomic E-state index is 0.307. The van der Waals surface area contributed by atoms with E-state index in [1.54, 1.807) is 14.2 Å². The van der Waals surface area contributed by atoms with Crippen molar-refractivity contribution in [3.8, 4) is 11.5 Å². The van der Waals surface area contributed by atoms with Crippen molar-refractivity contribution in [2.75, 3.05) is 14.2 Å². The van der Waals surface area contributed by atoms with Gasteiger partial charge in [0, 0.05) is 10.4 Å². The SMILES string of the molecule is CCCCCCC(Br)c1cc(OC)c(Br)cc1OC. The second-order valence-corrected chi connectivity index (χ2v) is 6.51. The molecule has 1 rings (SSSR count). The third-order valence-corrected chi connectivity index (χ3v) is 4.72. The number of rotatable bonds is 8. The van der Waals surface area contributed by atoms with Gasteiger partial charge in [-0.3, -0.25) is 0 Å². The van der Waals surface area contributed by atoms with Crippen molar-refractivity contribution in [2.24, 2.45) is 0 Å². The maximum absolute atomic E-state index is 5.46. The zero-order valence-electron chi connectivity index (χ0n) is 11.8. The Bertz CT molecular complexity index is 394. The third kappa shape index (κ3) is 4.99. The third-order valence-electron chi connectivity index (χ3n) is 3.15. The van der Waals surface area contributed by atoms with Crippen LogP contribution >= 0.6 is 31.9 Å². The fourth-order valence-corrected chi connectivity index (χ4v) is 3.20. The van der Waals surface area contributed by atoms with Crippen LogP contribution in [0.1, 0.15) is 49.4 Å². The van der Waals surface area contributed by atoms with Crippen molar-refractivity contribution in [1.82, 2.24) is 0 Å². The smallest absolute Gasteiger partial charge is 0.133 e. The molecule has 2 nitrogen and oxygen atoms in total. The van der Waals surface area contributed by atoms with Crippen molar-refractivity contribution in [3.05, 3.63) is 22.2 Å². The summed E-state index contributed by atoms with van der Waals surface area (Å²) in [7, 11) is 3.38. The number of unbranched alkanes of at least 4 members (excludes halogenated alkanes) is 3. The van der Waals surface area contributed by atoms with Gasteiger partial charge in [0.1, 0.15) is 11.5 Å². The van der Waals surface area contributed by atoms with Crippen LogP contribution in [-0.2, 0) is 0 Å². The molecule has 1 unspecified atom stereocenters. The zero-order valence-corrected chi connectivity index (χ0v) is 15.0. The van der Waals surface area contributed by atoms with Gasteiger partial charge < -0.3 is 9.47 Å². The highest BCUT2D eigenvalue weighted by molar-refractivity contribution is 9.10. The van der Waals surface area contributed by atoms with E-state index in [1.165, 1.54) is 25.7 Å². The molecule has 0 amide bonds. The molecule has 0 fully saturated rings. The summed E-state index contributed by atoms with van der Waals surface area (Å²) in [5, 5.41) is 0. The van der Waals surface area contributed by atoms with E-state index >= 15 is 0 Å². The number of methoxy groups -OCH3 is 2. The molecular formula is C15H22Br2O2. The van der Waals surface area contributed by atoms with E-state index in [1.807, 2.05) is 12.1 Å². The Hall–Kier alpha value is -0.220. The largest absolute Gasteiger partial charge is 0.496 e. The van der Waals surface area contributed by atoms with Gasteiger partial charge in [0.25, 0.3) is 0 Å². The Morgan fingerprint density at radius 1 is 1.05 bits per heavy atom. The number of hydrogen-bond donors (Lipinski definition) is 0. The highest BCUT2D eigenvalue weighted by Crippen LogP contribution is 2.40. The average Bonchev–Trinajstić information content (AvgIpc) is 2.42. The first-order valence-corrected chi connectivity index (χ1v) is 8.40. The normalized spacial score (nSPS) is 12.3. The fraction of sp³-hybridized carbons (Fsp3) is 0.600. The lowest BCUT2D eigenvalue weighted by atomic mass is 10.0. The van der Waals surface area contributed by atoms with Gasteiger partial charge in [0.2, 0.25) is 0 Å². The molecule has 0 spiro atoms. The van der Waals surface area contributed by atoms with Crippen LogP contribution < -0.4 is 9.47 Å². The summed E-state index contributed by atoms with van der Waals surface area (Å²) in [5.41, 5.74) is 1.15. The number of alkyl halides is 1. The van der Waals surface area contributed by atoms with Crippen molar-refractivity contribution >= 4 is 31.9 Å². The van der Waals surface area contributed by atoms with E-state index in [-0.39, 0.29) is 0 Å². The molecule has 0 aromatic heterocycles. The summed E-state index contributed by atoms with van der Waals surface area (Å²) < 4.78 is 11.7. The number of benzene rings is 1. The molecule has 0 heterocycles. The van der Waals surface area contributed by atoms with Gasteiger partial charge in [-0.2, -0.15) is 0 Å². The van der Waals surface area contributed by atoms with Gasteiger partial charge in [0.15, 0.2) is 0 Å². The molecule has 0 aliphatic carbocycles. The highest BCUT2D eigenvalue weighted by Gasteiger charge is 2.16. The Kier molecular flexibility index (Phi) is 7.84. The molecule has 0 aliphatic heterocycles. The first-order valence-electron chi connectivity index (χ1n) is 6.69. The quantitative estimate of drug-likeness (QED) is 0.406. The molecule has 4 heteroatoms. The van der Waals surface area contributed by atoms with E-state index in [9.17, 15) is 0 Å². The molecule has 0 aliphatic rings. The number of hydrogen-bond acceptors (Lipinski definition) is 2. The topological polar surface area (TPSA) is 18.5 Å². The number of ether oxygens (including phenoxy) is 2. The predicted octanol–water partition coefficient (Wildman–Crippen LogP) is 5.87. The minimum absolute atomic E-state index is 0.307. The monoisotopic (exact) mass is 392 g/mol. The van der Waals surface area contributed by atoms with E-state index in [0.29, 0.717) is 4.83 Å². The van der Waals surface area contributed by atoms with Crippen molar-refractivity contribution < 1.29 is 9.47 Å². The molecule has 0 bridgehead atoms. The molecular weight excluding hydrogens is 372 g/mol. The lowest BCUT2D eigenvalue weighted by Crippen LogP contribution is -1.98. The molecule has 19 heavy (non-hydrogen) atoms. The Labute approximate surface area is 133 Å². The first-order chi connectivity index (χ1) is 9.13. The molecule has 108 valence electrons. The van der Waals surface area contributed by atoms with E-state index in [0.717, 1.165) is 28.0 Å². The molecule has 1 atom stereocenters. The van der Waals surface area contributed by atoms with Crippen LogP contribution in [0.3, 0.4) is 0 Å². The van der Waals surface area contributed by atoms with Gasteiger partial charge in [-0.25, -0.2) is 0 Å². The van der Waals surface area contributed by atoms with Crippen molar-refractivity contribution in [3.63, 3.8) is 0 Å². The van der Waals surface area contributed by atoms with Gasteiger partial charge in [-0.05, 0) is 34.5 Å². The van der Waals surface area contributed by atoms with Gasteiger partial charge >= 0.3 is 0 Å². The second kappa shape index (κ2) is 8.85. The Morgan fingerprint density at radius 3 is 2.32 bits per heavy atom. The molecule has 0 radical (unpaired) electrons. The van der Waals surface area contributed by atoms with E-state index in [2.05, 4.69) is 38.8 Å². The van der Waals surface area contributed by atoms with Crippen LogP contribution in [0.5, 0.6) is 11.5 Å². The predicted molar refractivity (Wildman–Crippen MR) is 87.7 cm³/mol. The molecule has 1 aromatic rings. The molecule has 0 saturated heterocycles. The van der Waals surface area contributed by atoms with Crippen LogP contribution in [0, 0.1) is 0 Å². The van der Waals surface area contributed by atoms with E-state index < -0.39 is 0 Å². The Morgan fingerprint density at radius 2 is 1.74 bits per heavy atom. The second-order valence-electron chi connectivity index (χ2n) is 4.55. The molecule has 1 aromatic carbocycles. The summed E-state index contributed by atoms with van der Waals surface area (Å²) in [6.07, 6.45) is 6.20. The first kappa shape index (κ1) is 16.8. The Balaban J connectivity index is 2.79. The fourth-order valence-electron chi connectivity index (χ4n) is 2.03.